The van der Waals surface area contributed by atoms with Gasteiger partial charge in [-0.3, -0.25) is 9.69 Å². The van der Waals surface area contributed by atoms with Gasteiger partial charge in [0, 0.05) is 17.2 Å². The van der Waals surface area contributed by atoms with Crippen LogP contribution in [0.25, 0.3) is 5.57 Å². The molecule has 5 rings (SSSR count). The summed E-state index contributed by atoms with van der Waals surface area (Å²) >= 11 is 0. The molecule has 1 amide bonds. The number of rotatable bonds is 2. The molecule has 0 aliphatic carbocycles. The van der Waals surface area contributed by atoms with Gasteiger partial charge in [0.15, 0.2) is 11.5 Å². The van der Waals surface area contributed by atoms with Gasteiger partial charge in [-0.05, 0) is 62.6 Å². The number of carbonyl (C=O) groups is 1. The summed E-state index contributed by atoms with van der Waals surface area (Å²) in [7, 11) is 0. The van der Waals surface area contributed by atoms with E-state index in [2.05, 4.69) is 45.9 Å². The van der Waals surface area contributed by atoms with Gasteiger partial charge in [0.1, 0.15) is 18.9 Å². The largest absolute Gasteiger partial charge is 0.486 e. The lowest BCUT2D eigenvalue weighted by atomic mass is 9.88. The molecule has 0 aromatic heterocycles. The number of hydrogen-bond donors (Lipinski definition) is 0. The van der Waals surface area contributed by atoms with Crippen molar-refractivity contribution in [3.63, 3.8) is 0 Å². The molecule has 0 spiro atoms. The number of nitrogens with zero attached hydrogens (tertiary/aromatic N) is 2. The van der Waals surface area contributed by atoms with Crippen LogP contribution in [0.2, 0.25) is 0 Å². The highest BCUT2D eigenvalue weighted by atomic mass is 16.6. The van der Waals surface area contributed by atoms with Crippen molar-refractivity contribution in [2.75, 3.05) is 18.1 Å². The molecule has 2 aromatic carbocycles. The third kappa shape index (κ3) is 2.68. The molecule has 3 aliphatic rings. The number of anilines is 1. The maximum atomic E-state index is 13.5. The Morgan fingerprint density at radius 1 is 1.07 bits per heavy atom. The first kappa shape index (κ1) is 18.0. The van der Waals surface area contributed by atoms with E-state index in [1.54, 1.807) is 0 Å². The zero-order valence-corrected chi connectivity index (χ0v) is 17.2. The minimum atomic E-state index is -0.402. The Kier molecular flexibility index (Phi) is 3.85. The van der Waals surface area contributed by atoms with Crippen LogP contribution in [0, 0.1) is 0 Å². The lowest BCUT2D eigenvalue weighted by Crippen LogP contribution is -2.47. The Labute approximate surface area is 170 Å². The van der Waals surface area contributed by atoms with Crippen molar-refractivity contribution >= 4 is 28.6 Å². The number of ether oxygens (including phenoxy) is 2. The van der Waals surface area contributed by atoms with Gasteiger partial charge in [0.25, 0.3) is 5.91 Å². The minimum absolute atomic E-state index is 0.0573. The van der Waals surface area contributed by atoms with Crippen LogP contribution in [0.3, 0.4) is 0 Å². The van der Waals surface area contributed by atoms with Crippen LogP contribution >= 0.6 is 0 Å². The standard InChI is InChI=1S/C24H24N2O3/c1-5-15-10-17-14(2)13-24(3,4)26-22(17)18(11-15)21(23(26)27)25-16-6-7-19-20(12-16)29-9-8-28-19/h6-7,10-13H,5,8-9H2,1-4H3. The van der Waals surface area contributed by atoms with Gasteiger partial charge in [-0.2, -0.15) is 0 Å². The van der Waals surface area contributed by atoms with Crippen molar-refractivity contribution < 1.29 is 14.3 Å². The summed E-state index contributed by atoms with van der Waals surface area (Å²) in [6, 6.07) is 9.88. The number of benzene rings is 2. The van der Waals surface area contributed by atoms with Crippen LogP contribution in [-0.4, -0.2) is 30.4 Å². The fourth-order valence-corrected chi connectivity index (χ4v) is 4.50. The second kappa shape index (κ2) is 6.21. The van der Waals surface area contributed by atoms with E-state index in [0.717, 1.165) is 29.0 Å². The van der Waals surface area contributed by atoms with Gasteiger partial charge in [-0.1, -0.05) is 13.0 Å². The van der Waals surface area contributed by atoms with Crippen LogP contribution in [-0.2, 0) is 11.2 Å². The van der Waals surface area contributed by atoms with Crippen molar-refractivity contribution in [1.29, 1.82) is 0 Å². The molecular formula is C24H24N2O3. The number of aryl methyl sites for hydroxylation is 1. The first-order chi connectivity index (χ1) is 13.9. The summed E-state index contributed by atoms with van der Waals surface area (Å²) in [6.45, 7) is 9.46. The Balaban J connectivity index is 1.70. The number of aliphatic imine (C=N–C) groups is 1. The van der Waals surface area contributed by atoms with E-state index in [0.29, 0.717) is 30.4 Å². The topological polar surface area (TPSA) is 51.1 Å². The summed E-state index contributed by atoms with van der Waals surface area (Å²) in [5.41, 5.74) is 6.20. The molecule has 0 radical (unpaired) electrons. The monoisotopic (exact) mass is 388 g/mol. The molecule has 3 heterocycles. The predicted molar refractivity (Wildman–Crippen MR) is 115 cm³/mol. The van der Waals surface area contributed by atoms with E-state index in [4.69, 9.17) is 14.5 Å². The first-order valence-corrected chi connectivity index (χ1v) is 10.1. The average Bonchev–Trinajstić information content (AvgIpc) is 2.98. The Bertz CT molecular complexity index is 1110. The lowest BCUT2D eigenvalue weighted by Gasteiger charge is -2.38. The van der Waals surface area contributed by atoms with Gasteiger partial charge in [0.05, 0.1) is 16.9 Å². The zero-order valence-electron chi connectivity index (χ0n) is 17.2. The smallest absolute Gasteiger partial charge is 0.278 e. The van der Waals surface area contributed by atoms with E-state index < -0.39 is 5.54 Å². The summed E-state index contributed by atoms with van der Waals surface area (Å²) in [6.07, 6.45) is 3.08. The molecule has 0 fully saturated rings. The van der Waals surface area contributed by atoms with Gasteiger partial charge >= 0.3 is 0 Å². The summed E-state index contributed by atoms with van der Waals surface area (Å²) < 4.78 is 11.3. The van der Waals surface area contributed by atoms with Crippen LogP contribution in [0.1, 0.15) is 44.4 Å². The van der Waals surface area contributed by atoms with Crippen LogP contribution in [0.5, 0.6) is 11.5 Å². The molecule has 0 unspecified atom stereocenters. The molecule has 0 saturated carbocycles. The summed E-state index contributed by atoms with van der Waals surface area (Å²) in [5.74, 6) is 1.33. The number of amides is 1. The quantitative estimate of drug-likeness (QED) is 0.750. The van der Waals surface area contributed by atoms with Crippen molar-refractivity contribution in [3.8, 4) is 11.5 Å². The van der Waals surface area contributed by atoms with Gasteiger partial charge < -0.3 is 9.47 Å². The van der Waals surface area contributed by atoms with Crippen molar-refractivity contribution in [2.24, 2.45) is 4.99 Å². The Hall–Kier alpha value is -3.08. The normalized spacial score (nSPS) is 20.0. The fraction of sp³-hybridized carbons (Fsp3) is 0.333. The van der Waals surface area contributed by atoms with Crippen molar-refractivity contribution in [2.45, 2.75) is 39.7 Å². The molecule has 0 saturated heterocycles. The maximum Gasteiger partial charge on any atom is 0.278 e. The van der Waals surface area contributed by atoms with Gasteiger partial charge in [-0.25, -0.2) is 4.99 Å². The molecule has 0 atom stereocenters. The van der Waals surface area contributed by atoms with Gasteiger partial charge in [0.2, 0.25) is 0 Å². The summed E-state index contributed by atoms with van der Waals surface area (Å²) in [5, 5.41) is 0. The second-order valence-electron chi connectivity index (χ2n) is 8.30. The number of hydrogen-bond acceptors (Lipinski definition) is 4. The first-order valence-electron chi connectivity index (χ1n) is 10.1. The highest BCUT2D eigenvalue weighted by Gasteiger charge is 2.45. The lowest BCUT2D eigenvalue weighted by molar-refractivity contribution is -0.112. The van der Waals surface area contributed by atoms with Crippen LogP contribution < -0.4 is 14.4 Å². The minimum Gasteiger partial charge on any atom is -0.486 e. The zero-order chi connectivity index (χ0) is 20.3. The molecule has 2 aromatic rings. The maximum absolute atomic E-state index is 13.5. The van der Waals surface area contributed by atoms with E-state index in [1.165, 1.54) is 11.1 Å². The number of carbonyl (C=O) groups excluding carboxylic acids is 1. The van der Waals surface area contributed by atoms with E-state index in [9.17, 15) is 4.79 Å². The molecule has 0 N–H and O–H groups in total. The van der Waals surface area contributed by atoms with Gasteiger partial charge in [-0.15, -0.1) is 0 Å². The van der Waals surface area contributed by atoms with E-state index in [-0.39, 0.29) is 5.91 Å². The second-order valence-corrected chi connectivity index (χ2v) is 8.30. The third-order valence-electron chi connectivity index (χ3n) is 5.80. The van der Waals surface area contributed by atoms with E-state index in [1.807, 2.05) is 23.1 Å². The van der Waals surface area contributed by atoms with Crippen molar-refractivity contribution in [1.82, 2.24) is 0 Å². The van der Waals surface area contributed by atoms with E-state index >= 15 is 0 Å². The molecule has 5 heteroatoms. The number of fused-ring (bicyclic) bond motifs is 1. The molecule has 148 valence electrons. The Morgan fingerprint density at radius 2 is 1.79 bits per heavy atom. The fourth-order valence-electron chi connectivity index (χ4n) is 4.50. The molecule has 3 aliphatic heterocycles. The molecule has 5 nitrogen and oxygen atoms in total. The van der Waals surface area contributed by atoms with Crippen LogP contribution in [0.15, 0.2) is 41.4 Å². The highest BCUT2D eigenvalue weighted by Crippen LogP contribution is 2.46. The SMILES string of the molecule is CCc1cc2c3c(c1)C(=Nc1ccc4c(c1)OCCO4)C(=O)N3C(C)(C)C=C2C. The molecular weight excluding hydrogens is 364 g/mol. The summed E-state index contributed by atoms with van der Waals surface area (Å²) in [4.78, 5) is 20.2. The molecule has 0 bridgehead atoms. The highest BCUT2D eigenvalue weighted by molar-refractivity contribution is 6.55. The Morgan fingerprint density at radius 3 is 2.55 bits per heavy atom. The predicted octanol–water partition coefficient (Wildman–Crippen LogP) is 4.68. The average molecular weight is 388 g/mol. The number of allylic oxidation sites excluding steroid dienone is 1. The third-order valence-corrected chi connectivity index (χ3v) is 5.80. The van der Waals surface area contributed by atoms with Crippen LogP contribution in [0.4, 0.5) is 11.4 Å². The molecule has 29 heavy (non-hydrogen) atoms. The van der Waals surface area contributed by atoms with Crippen molar-refractivity contribution in [3.05, 3.63) is 53.1 Å².